The van der Waals surface area contributed by atoms with Gasteiger partial charge in [-0.25, -0.2) is 0 Å². The fourth-order valence-corrected chi connectivity index (χ4v) is 2.69. The van der Waals surface area contributed by atoms with E-state index in [0.717, 1.165) is 6.42 Å². The molecule has 5 heteroatoms. The van der Waals surface area contributed by atoms with Crippen molar-refractivity contribution in [2.24, 2.45) is 11.8 Å². The molecule has 0 bridgehead atoms. The topological polar surface area (TPSA) is 55.9 Å². The quantitative estimate of drug-likeness (QED) is 0.460. The number of epoxide rings is 1. The standard InChI is InChI=1S/C11H16O4S/c1-2-14-9(12)7-3-4-11(6-15-11)5-8(7)10(13)16/h7-8H,2-6H2,1H3,(H,13,16)/t7-,8-,11?/m0/s1. The molecule has 0 aromatic carbocycles. The van der Waals surface area contributed by atoms with Crippen molar-refractivity contribution in [3.8, 4) is 0 Å². The molecule has 90 valence electrons. The van der Waals surface area contributed by atoms with Crippen LogP contribution in [0.25, 0.3) is 0 Å². The van der Waals surface area contributed by atoms with Crippen molar-refractivity contribution in [1.29, 1.82) is 0 Å². The molecule has 0 aromatic rings. The lowest BCUT2D eigenvalue weighted by Crippen LogP contribution is -2.38. The van der Waals surface area contributed by atoms with Crippen molar-refractivity contribution >= 4 is 23.7 Å². The largest absolute Gasteiger partial charge is 0.466 e. The number of rotatable bonds is 3. The first kappa shape index (κ1) is 11.9. The molecule has 0 amide bonds. The van der Waals surface area contributed by atoms with E-state index in [0.29, 0.717) is 26.1 Å². The number of hydrogen-bond acceptors (Lipinski definition) is 4. The molecule has 1 saturated heterocycles. The molecule has 0 radical (unpaired) electrons. The summed E-state index contributed by atoms with van der Waals surface area (Å²) in [5, 5.41) is -0.229. The van der Waals surface area contributed by atoms with E-state index in [-0.39, 0.29) is 28.5 Å². The van der Waals surface area contributed by atoms with Gasteiger partial charge in [-0.1, -0.05) is 0 Å². The normalized spacial score (nSPS) is 37.1. The summed E-state index contributed by atoms with van der Waals surface area (Å²) >= 11 is 3.87. The molecule has 2 fully saturated rings. The first-order chi connectivity index (χ1) is 7.58. The van der Waals surface area contributed by atoms with E-state index in [4.69, 9.17) is 9.47 Å². The van der Waals surface area contributed by atoms with Gasteiger partial charge < -0.3 is 9.47 Å². The minimum atomic E-state index is -0.348. The van der Waals surface area contributed by atoms with E-state index in [1.54, 1.807) is 6.92 Å². The number of esters is 1. The lowest BCUT2D eigenvalue weighted by atomic mass is 9.74. The summed E-state index contributed by atoms with van der Waals surface area (Å²) in [4.78, 5) is 23.1. The average Bonchev–Trinajstić information content (AvgIpc) is 2.98. The number of ether oxygens (including phenoxy) is 2. The molecule has 1 unspecified atom stereocenters. The molecule has 0 N–H and O–H groups in total. The Hall–Kier alpha value is -0.550. The summed E-state index contributed by atoms with van der Waals surface area (Å²) in [6, 6.07) is 0. The predicted octanol–water partition coefficient (Wildman–Crippen LogP) is 1.19. The zero-order valence-electron chi connectivity index (χ0n) is 9.27. The lowest BCUT2D eigenvalue weighted by molar-refractivity contribution is -0.153. The summed E-state index contributed by atoms with van der Waals surface area (Å²) < 4.78 is 10.4. The summed E-state index contributed by atoms with van der Waals surface area (Å²) in [7, 11) is 0. The van der Waals surface area contributed by atoms with Crippen molar-refractivity contribution in [2.45, 2.75) is 31.8 Å². The smallest absolute Gasteiger partial charge is 0.309 e. The molecule has 3 atom stereocenters. The Kier molecular flexibility index (Phi) is 3.26. The third kappa shape index (κ3) is 2.25. The van der Waals surface area contributed by atoms with Crippen molar-refractivity contribution in [1.82, 2.24) is 0 Å². The summed E-state index contributed by atoms with van der Waals surface area (Å²) in [6.07, 6.45) is 2.11. The number of carbonyl (C=O) groups excluding carboxylic acids is 2. The van der Waals surface area contributed by atoms with E-state index in [1.165, 1.54) is 0 Å². The van der Waals surface area contributed by atoms with Crippen molar-refractivity contribution < 1.29 is 19.1 Å². The van der Waals surface area contributed by atoms with Gasteiger partial charge in [0.15, 0.2) is 5.12 Å². The Bertz CT molecular complexity index is 311. The van der Waals surface area contributed by atoms with Crippen LogP contribution in [0.3, 0.4) is 0 Å². The van der Waals surface area contributed by atoms with Gasteiger partial charge in [-0.3, -0.25) is 9.59 Å². The second-order valence-corrected chi connectivity index (χ2v) is 4.96. The molecule has 1 aliphatic carbocycles. The van der Waals surface area contributed by atoms with Gasteiger partial charge >= 0.3 is 5.97 Å². The van der Waals surface area contributed by atoms with Crippen LogP contribution >= 0.6 is 12.6 Å². The summed E-state index contributed by atoms with van der Waals surface area (Å²) in [6.45, 7) is 2.83. The molecule has 2 rings (SSSR count). The van der Waals surface area contributed by atoms with E-state index < -0.39 is 0 Å². The van der Waals surface area contributed by atoms with Gasteiger partial charge in [-0.05, 0) is 26.2 Å². The van der Waals surface area contributed by atoms with Crippen molar-refractivity contribution in [3.63, 3.8) is 0 Å². The molecule has 1 aliphatic heterocycles. The highest BCUT2D eigenvalue weighted by atomic mass is 32.1. The number of thiol groups is 1. The van der Waals surface area contributed by atoms with E-state index in [9.17, 15) is 9.59 Å². The first-order valence-corrected chi connectivity index (χ1v) is 6.06. The Morgan fingerprint density at radius 3 is 2.69 bits per heavy atom. The molecule has 2 aliphatic rings. The van der Waals surface area contributed by atoms with E-state index in [2.05, 4.69) is 12.6 Å². The third-order valence-electron chi connectivity index (χ3n) is 3.45. The Morgan fingerprint density at radius 2 is 2.19 bits per heavy atom. The van der Waals surface area contributed by atoms with Crippen LogP contribution in [-0.4, -0.2) is 29.9 Å². The predicted molar refractivity (Wildman–Crippen MR) is 60.1 cm³/mol. The molecular formula is C11H16O4S. The van der Waals surface area contributed by atoms with E-state index >= 15 is 0 Å². The maximum absolute atomic E-state index is 11.7. The fourth-order valence-electron chi connectivity index (χ4n) is 2.42. The summed E-state index contributed by atoms with van der Waals surface area (Å²) in [5.41, 5.74) is -0.133. The van der Waals surface area contributed by atoms with Crippen LogP contribution in [-0.2, 0) is 19.1 Å². The number of carbonyl (C=O) groups is 2. The van der Waals surface area contributed by atoms with Crippen LogP contribution in [0.2, 0.25) is 0 Å². The average molecular weight is 244 g/mol. The van der Waals surface area contributed by atoms with Crippen LogP contribution < -0.4 is 0 Å². The minimum Gasteiger partial charge on any atom is -0.466 e. The van der Waals surface area contributed by atoms with Crippen molar-refractivity contribution in [3.05, 3.63) is 0 Å². The third-order valence-corrected chi connectivity index (χ3v) is 3.78. The molecule has 16 heavy (non-hydrogen) atoms. The van der Waals surface area contributed by atoms with Crippen LogP contribution in [0.15, 0.2) is 0 Å². The zero-order valence-corrected chi connectivity index (χ0v) is 10.2. The second kappa shape index (κ2) is 4.37. The van der Waals surface area contributed by atoms with E-state index in [1.807, 2.05) is 0 Å². The Labute approximate surface area is 100 Å². The molecular weight excluding hydrogens is 228 g/mol. The molecule has 0 aromatic heterocycles. The summed E-state index contributed by atoms with van der Waals surface area (Å²) in [5.74, 6) is -0.955. The monoisotopic (exact) mass is 244 g/mol. The maximum atomic E-state index is 11.7. The van der Waals surface area contributed by atoms with Gasteiger partial charge in [-0.2, -0.15) is 0 Å². The van der Waals surface area contributed by atoms with Crippen LogP contribution in [0.5, 0.6) is 0 Å². The molecule has 1 saturated carbocycles. The van der Waals surface area contributed by atoms with Crippen LogP contribution in [0.4, 0.5) is 0 Å². The number of hydrogen-bond donors (Lipinski definition) is 1. The Morgan fingerprint density at radius 1 is 1.50 bits per heavy atom. The van der Waals surface area contributed by atoms with Gasteiger partial charge in [0.1, 0.15) is 0 Å². The van der Waals surface area contributed by atoms with Crippen molar-refractivity contribution in [2.75, 3.05) is 13.2 Å². The zero-order chi connectivity index (χ0) is 11.8. The highest BCUT2D eigenvalue weighted by Gasteiger charge is 2.53. The Balaban J connectivity index is 2.05. The van der Waals surface area contributed by atoms with Crippen LogP contribution in [0, 0.1) is 11.8 Å². The molecule has 1 heterocycles. The molecule has 1 spiro atoms. The SMILES string of the molecule is CCOC(=O)[C@H]1CCC2(CO2)C[C@@H]1C(=O)S. The van der Waals surface area contributed by atoms with Crippen LogP contribution in [0.1, 0.15) is 26.2 Å². The highest BCUT2D eigenvalue weighted by Crippen LogP contribution is 2.47. The van der Waals surface area contributed by atoms with Gasteiger partial charge in [0, 0.05) is 5.92 Å². The van der Waals surface area contributed by atoms with Gasteiger partial charge in [0.25, 0.3) is 0 Å². The molecule has 4 nitrogen and oxygen atoms in total. The van der Waals surface area contributed by atoms with Gasteiger partial charge in [0.2, 0.25) is 0 Å². The minimum absolute atomic E-state index is 0.133. The maximum Gasteiger partial charge on any atom is 0.309 e. The van der Waals surface area contributed by atoms with Gasteiger partial charge in [-0.15, -0.1) is 12.6 Å². The van der Waals surface area contributed by atoms with Gasteiger partial charge in [0.05, 0.1) is 24.7 Å². The lowest BCUT2D eigenvalue weighted by Gasteiger charge is -2.31. The highest BCUT2D eigenvalue weighted by molar-refractivity contribution is 7.96. The first-order valence-electron chi connectivity index (χ1n) is 5.61. The fraction of sp³-hybridized carbons (Fsp3) is 0.818. The second-order valence-electron chi connectivity index (χ2n) is 4.52.